The number of benzene rings is 2. The fourth-order valence-corrected chi connectivity index (χ4v) is 3.93. The van der Waals surface area contributed by atoms with Crippen molar-refractivity contribution in [2.24, 2.45) is 0 Å². The molecule has 0 fully saturated rings. The lowest BCUT2D eigenvalue weighted by Crippen LogP contribution is -2.16. The Labute approximate surface area is 148 Å². The maximum Gasteiger partial charge on any atom is 0.310 e. The third kappa shape index (κ3) is 3.51. The molecule has 0 heterocycles. The molecule has 25 heavy (non-hydrogen) atoms. The number of ketones is 1. The molecular formula is C22H22O3. The van der Waals surface area contributed by atoms with E-state index in [1.54, 1.807) is 0 Å². The summed E-state index contributed by atoms with van der Waals surface area (Å²) in [6.45, 7) is -0.178. The van der Waals surface area contributed by atoms with Crippen LogP contribution in [0.3, 0.4) is 0 Å². The van der Waals surface area contributed by atoms with Crippen LogP contribution < -0.4 is 0 Å². The molecule has 3 heteroatoms. The summed E-state index contributed by atoms with van der Waals surface area (Å²) >= 11 is 0. The van der Waals surface area contributed by atoms with Gasteiger partial charge in [0.25, 0.3) is 0 Å². The molecule has 0 N–H and O–H groups in total. The van der Waals surface area contributed by atoms with Crippen LogP contribution >= 0.6 is 0 Å². The summed E-state index contributed by atoms with van der Waals surface area (Å²) in [7, 11) is 0. The van der Waals surface area contributed by atoms with Crippen molar-refractivity contribution >= 4 is 11.8 Å². The van der Waals surface area contributed by atoms with Crippen LogP contribution in [0, 0.1) is 0 Å². The van der Waals surface area contributed by atoms with Gasteiger partial charge >= 0.3 is 5.97 Å². The van der Waals surface area contributed by atoms with Crippen LogP contribution in [0.4, 0.5) is 0 Å². The number of carbonyl (C=O) groups is 2. The number of Topliss-reactive ketones (excluding diaryl/α,β-unsaturated/α-hetero) is 1. The molecule has 3 nitrogen and oxygen atoms in total. The molecule has 4 rings (SSSR count). The van der Waals surface area contributed by atoms with Gasteiger partial charge in [-0.2, -0.15) is 0 Å². The fourth-order valence-electron chi connectivity index (χ4n) is 3.93. The molecule has 0 unspecified atom stereocenters. The highest BCUT2D eigenvalue weighted by Gasteiger charge is 2.16. The minimum atomic E-state index is -0.340. The lowest BCUT2D eigenvalue weighted by atomic mass is 10.0. The van der Waals surface area contributed by atoms with Gasteiger partial charge in [0.1, 0.15) is 0 Å². The summed E-state index contributed by atoms with van der Waals surface area (Å²) in [5.41, 5.74) is 6.95. The summed E-state index contributed by atoms with van der Waals surface area (Å²) in [4.78, 5) is 24.3. The van der Waals surface area contributed by atoms with E-state index in [0.717, 1.165) is 37.7 Å². The number of rotatable bonds is 5. The molecule has 0 aromatic heterocycles. The lowest BCUT2D eigenvalue weighted by molar-refractivity contribution is -0.141. The second-order valence-electron chi connectivity index (χ2n) is 7.05. The highest BCUT2D eigenvalue weighted by atomic mass is 16.5. The van der Waals surface area contributed by atoms with E-state index in [1.807, 2.05) is 24.3 Å². The smallest absolute Gasteiger partial charge is 0.310 e. The predicted molar refractivity (Wildman–Crippen MR) is 95.9 cm³/mol. The molecule has 0 spiro atoms. The average Bonchev–Trinajstić information content (AvgIpc) is 3.27. The Bertz CT molecular complexity index is 835. The van der Waals surface area contributed by atoms with Crippen LogP contribution in [-0.2, 0) is 41.6 Å². The molecule has 128 valence electrons. The van der Waals surface area contributed by atoms with E-state index in [2.05, 4.69) is 12.1 Å². The van der Waals surface area contributed by atoms with Crippen molar-refractivity contribution in [2.75, 3.05) is 6.61 Å². The Hall–Kier alpha value is -2.42. The molecule has 0 saturated carbocycles. The fraction of sp³-hybridized carbons (Fsp3) is 0.364. The van der Waals surface area contributed by atoms with Crippen LogP contribution in [0.15, 0.2) is 36.4 Å². The van der Waals surface area contributed by atoms with E-state index >= 15 is 0 Å². The molecule has 0 aliphatic heterocycles. The third-order valence-electron chi connectivity index (χ3n) is 5.30. The molecule has 2 aromatic carbocycles. The SMILES string of the molecule is O=C(Cc1ccc2c(c1)CCC2)OCC(=O)c1ccc2c(c1)CCC2. The number of hydrogen-bond donors (Lipinski definition) is 0. The van der Waals surface area contributed by atoms with Gasteiger partial charge in [0.15, 0.2) is 12.4 Å². The van der Waals surface area contributed by atoms with E-state index in [9.17, 15) is 9.59 Å². The first-order valence-corrected chi connectivity index (χ1v) is 9.10. The van der Waals surface area contributed by atoms with Crippen LogP contribution in [0.1, 0.15) is 51.0 Å². The number of aryl methyl sites for hydroxylation is 4. The first kappa shape index (κ1) is 16.1. The average molecular weight is 334 g/mol. The standard InChI is InChI=1S/C22H22O3/c23-21(20-10-9-17-4-2-6-19(17)13-20)14-25-22(24)12-15-7-8-16-3-1-5-18(16)11-15/h7-11,13H,1-6,12,14H2. The van der Waals surface area contributed by atoms with E-state index < -0.39 is 0 Å². The zero-order valence-corrected chi connectivity index (χ0v) is 14.3. The number of hydrogen-bond acceptors (Lipinski definition) is 3. The number of carbonyl (C=O) groups excluding carboxylic acids is 2. The normalized spacial score (nSPS) is 14.9. The second kappa shape index (κ2) is 6.83. The number of esters is 1. The summed E-state index contributed by atoms with van der Waals surface area (Å²) in [5.74, 6) is -0.468. The summed E-state index contributed by atoms with van der Waals surface area (Å²) in [5, 5.41) is 0. The van der Waals surface area contributed by atoms with Crippen molar-refractivity contribution in [3.63, 3.8) is 0 Å². The number of ether oxygens (including phenoxy) is 1. The monoisotopic (exact) mass is 334 g/mol. The van der Waals surface area contributed by atoms with Crippen LogP contribution in [0.5, 0.6) is 0 Å². The van der Waals surface area contributed by atoms with Crippen LogP contribution in [0.25, 0.3) is 0 Å². The van der Waals surface area contributed by atoms with Crippen LogP contribution in [-0.4, -0.2) is 18.4 Å². The molecule has 0 bridgehead atoms. The van der Waals surface area contributed by atoms with Gasteiger partial charge in [-0.3, -0.25) is 9.59 Å². The molecule has 2 aromatic rings. The minimum absolute atomic E-state index is 0.128. The third-order valence-corrected chi connectivity index (χ3v) is 5.30. The zero-order chi connectivity index (χ0) is 17.2. The van der Waals surface area contributed by atoms with Gasteiger partial charge < -0.3 is 4.74 Å². The van der Waals surface area contributed by atoms with Crippen LogP contribution in [0.2, 0.25) is 0 Å². The van der Waals surface area contributed by atoms with Crippen molar-refractivity contribution in [2.45, 2.75) is 44.9 Å². The molecular weight excluding hydrogens is 312 g/mol. The minimum Gasteiger partial charge on any atom is -0.457 e. The van der Waals surface area contributed by atoms with Gasteiger partial charge in [0.2, 0.25) is 0 Å². The largest absolute Gasteiger partial charge is 0.457 e. The van der Waals surface area contributed by atoms with Crippen molar-refractivity contribution in [3.8, 4) is 0 Å². The Kier molecular flexibility index (Phi) is 4.39. The van der Waals surface area contributed by atoms with E-state index in [-0.39, 0.29) is 24.8 Å². The quantitative estimate of drug-likeness (QED) is 0.619. The first-order valence-electron chi connectivity index (χ1n) is 9.10. The maximum absolute atomic E-state index is 12.3. The summed E-state index contributed by atoms with van der Waals surface area (Å²) in [6, 6.07) is 12.0. The predicted octanol–water partition coefficient (Wildman–Crippen LogP) is 3.63. The van der Waals surface area contributed by atoms with Gasteiger partial charge in [0, 0.05) is 5.56 Å². The topological polar surface area (TPSA) is 43.4 Å². The Morgan fingerprint density at radius 1 is 0.800 bits per heavy atom. The highest BCUT2D eigenvalue weighted by molar-refractivity contribution is 5.98. The molecule has 0 amide bonds. The molecule has 2 aliphatic rings. The molecule has 0 atom stereocenters. The lowest BCUT2D eigenvalue weighted by Gasteiger charge is -2.07. The Balaban J connectivity index is 1.33. The van der Waals surface area contributed by atoms with E-state index in [4.69, 9.17) is 4.74 Å². The Morgan fingerprint density at radius 3 is 2.20 bits per heavy atom. The summed E-state index contributed by atoms with van der Waals surface area (Å²) < 4.78 is 5.21. The molecule has 2 aliphatic carbocycles. The zero-order valence-electron chi connectivity index (χ0n) is 14.3. The molecule has 0 radical (unpaired) electrons. The van der Waals surface area contributed by atoms with E-state index in [1.165, 1.54) is 28.7 Å². The first-order chi connectivity index (χ1) is 12.2. The van der Waals surface area contributed by atoms with E-state index in [0.29, 0.717) is 5.56 Å². The van der Waals surface area contributed by atoms with Crippen molar-refractivity contribution in [1.29, 1.82) is 0 Å². The van der Waals surface area contributed by atoms with Gasteiger partial charge in [-0.25, -0.2) is 0 Å². The molecule has 0 saturated heterocycles. The van der Waals surface area contributed by atoms with Gasteiger partial charge in [-0.1, -0.05) is 30.3 Å². The Morgan fingerprint density at radius 2 is 1.44 bits per heavy atom. The maximum atomic E-state index is 12.3. The van der Waals surface area contributed by atoms with Gasteiger partial charge in [-0.15, -0.1) is 0 Å². The van der Waals surface area contributed by atoms with Gasteiger partial charge in [0.05, 0.1) is 6.42 Å². The number of fused-ring (bicyclic) bond motifs is 2. The van der Waals surface area contributed by atoms with Gasteiger partial charge in [-0.05, 0) is 72.4 Å². The van der Waals surface area contributed by atoms with Crippen molar-refractivity contribution < 1.29 is 14.3 Å². The van der Waals surface area contributed by atoms with Crippen molar-refractivity contribution in [3.05, 3.63) is 69.8 Å². The highest BCUT2D eigenvalue weighted by Crippen LogP contribution is 2.24. The second-order valence-corrected chi connectivity index (χ2v) is 7.05. The summed E-state index contributed by atoms with van der Waals surface area (Å²) in [6.07, 6.45) is 6.94. The van der Waals surface area contributed by atoms with Crippen molar-refractivity contribution in [1.82, 2.24) is 0 Å².